The summed E-state index contributed by atoms with van der Waals surface area (Å²) in [6.45, 7) is 9.16. The van der Waals surface area contributed by atoms with Crippen LogP contribution in [0.4, 0.5) is 0 Å². The van der Waals surface area contributed by atoms with Gasteiger partial charge in [-0.3, -0.25) is 9.97 Å². The van der Waals surface area contributed by atoms with Crippen molar-refractivity contribution >= 4 is 22.1 Å². The molecule has 2 aromatic heterocycles. The van der Waals surface area contributed by atoms with E-state index in [4.69, 9.17) is 19.9 Å². The molecule has 4 heteroatoms. The van der Waals surface area contributed by atoms with Gasteiger partial charge in [0.2, 0.25) is 0 Å². The van der Waals surface area contributed by atoms with Crippen molar-refractivity contribution in [3.05, 3.63) is 107 Å². The molecule has 7 rings (SSSR count). The van der Waals surface area contributed by atoms with Crippen molar-refractivity contribution in [2.24, 2.45) is 0 Å². The zero-order valence-corrected chi connectivity index (χ0v) is 31.3. The molecular formula is C47H54N4. The summed E-state index contributed by atoms with van der Waals surface area (Å²) in [5.41, 5.74) is 16.1. The van der Waals surface area contributed by atoms with Crippen LogP contribution < -0.4 is 0 Å². The average molecular weight is 675 g/mol. The molecule has 1 aliphatic rings. The SMILES string of the molecule is CCCCCCCCC1(CCCCCCCC)c2cc(C)c(-c3cnc4ccccc4n3)cc2-c2c(-c3cnc4ccccc4n3)cc(C)cc21. The third-order valence-electron chi connectivity index (χ3n) is 11.3. The van der Waals surface area contributed by atoms with E-state index in [1.807, 2.05) is 42.7 Å². The molecule has 4 nitrogen and oxygen atoms in total. The number of rotatable bonds is 16. The molecule has 0 N–H and O–H groups in total. The Morgan fingerprint density at radius 2 is 1.00 bits per heavy atom. The van der Waals surface area contributed by atoms with Crippen molar-refractivity contribution < 1.29 is 0 Å². The number of benzene rings is 4. The van der Waals surface area contributed by atoms with Gasteiger partial charge in [-0.15, -0.1) is 0 Å². The quantitative estimate of drug-likeness (QED) is 0.0959. The first-order chi connectivity index (χ1) is 25.0. The molecule has 0 fully saturated rings. The maximum Gasteiger partial charge on any atom is 0.0899 e. The molecule has 0 saturated heterocycles. The first-order valence-electron chi connectivity index (χ1n) is 19.8. The Labute approximate surface area is 305 Å². The van der Waals surface area contributed by atoms with E-state index in [2.05, 4.69) is 70.2 Å². The highest BCUT2D eigenvalue weighted by Crippen LogP contribution is 2.58. The summed E-state index contributed by atoms with van der Waals surface area (Å²) in [5, 5.41) is 0. The summed E-state index contributed by atoms with van der Waals surface area (Å²) in [6, 6.07) is 26.2. The molecular weight excluding hydrogens is 621 g/mol. The van der Waals surface area contributed by atoms with E-state index in [0.29, 0.717) is 0 Å². The Kier molecular flexibility index (Phi) is 10.9. The number of nitrogens with zero attached hydrogens (tertiary/aromatic N) is 4. The minimum Gasteiger partial charge on any atom is -0.252 e. The second kappa shape index (κ2) is 15.8. The molecule has 4 aromatic carbocycles. The van der Waals surface area contributed by atoms with Crippen molar-refractivity contribution in [2.45, 2.75) is 123 Å². The molecule has 0 bridgehead atoms. The van der Waals surface area contributed by atoms with Crippen molar-refractivity contribution in [3.63, 3.8) is 0 Å². The predicted molar refractivity (Wildman–Crippen MR) is 215 cm³/mol. The fraction of sp³-hybridized carbons (Fsp3) is 0.404. The second-order valence-electron chi connectivity index (χ2n) is 15.1. The molecule has 0 saturated carbocycles. The largest absolute Gasteiger partial charge is 0.252 e. The van der Waals surface area contributed by atoms with Gasteiger partial charge in [0.05, 0.1) is 45.8 Å². The number of aryl methyl sites for hydroxylation is 2. The predicted octanol–water partition coefficient (Wildman–Crippen LogP) is 13.3. The lowest BCUT2D eigenvalue weighted by molar-refractivity contribution is 0.397. The van der Waals surface area contributed by atoms with Crippen LogP contribution in [-0.4, -0.2) is 19.9 Å². The van der Waals surface area contributed by atoms with Crippen LogP contribution >= 0.6 is 0 Å². The maximum absolute atomic E-state index is 5.24. The Morgan fingerprint density at radius 3 is 1.57 bits per heavy atom. The van der Waals surface area contributed by atoms with Gasteiger partial charge in [0.1, 0.15) is 0 Å². The molecule has 51 heavy (non-hydrogen) atoms. The molecule has 0 unspecified atom stereocenters. The van der Waals surface area contributed by atoms with Gasteiger partial charge in [-0.05, 0) is 90.9 Å². The topological polar surface area (TPSA) is 51.6 Å². The lowest BCUT2D eigenvalue weighted by Gasteiger charge is -2.33. The summed E-state index contributed by atoms with van der Waals surface area (Å²) < 4.78 is 0. The summed E-state index contributed by atoms with van der Waals surface area (Å²) in [4.78, 5) is 20.1. The van der Waals surface area contributed by atoms with Gasteiger partial charge < -0.3 is 0 Å². The number of hydrogen-bond acceptors (Lipinski definition) is 4. The average Bonchev–Trinajstić information content (AvgIpc) is 3.41. The van der Waals surface area contributed by atoms with E-state index in [1.54, 1.807) is 0 Å². The third-order valence-corrected chi connectivity index (χ3v) is 11.3. The summed E-state index contributed by atoms with van der Waals surface area (Å²) in [6.07, 6.45) is 21.9. The fourth-order valence-electron chi connectivity index (χ4n) is 8.64. The minimum atomic E-state index is -0.0381. The maximum atomic E-state index is 5.24. The van der Waals surface area contributed by atoms with Crippen molar-refractivity contribution in [1.82, 2.24) is 19.9 Å². The Morgan fingerprint density at radius 1 is 0.490 bits per heavy atom. The Hall–Kier alpha value is -4.44. The van der Waals surface area contributed by atoms with Gasteiger partial charge >= 0.3 is 0 Å². The Bertz CT molecular complexity index is 2110. The summed E-state index contributed by atoms with van der Waals surface area (Å²) >= 11 is 0. The van der Waals surface area contributed by atoms with E-state index in [9.17, 15) is 0 Å². The molecule has 0 amide bonds. The smallest absolute Gasteiger partial charge is 0.0899 e. The first-order valence-corrected chi connectivity index (χ1v) is 19.8. The number of fused-ring (bicyclic) bond motifs is 5. The summed E-state index contributed by atoms with van der Waals surface area (Å²) in [7, 11) is 0. The van der Waals surface area contributed by atoms with Crippen LogP contribution in [0.2, 0.25) is 0 Å². The molecule has 0 spiro atoms. The zero-order chi connectivity index (χ0) is 35.2. The van der Waals surface area contributed by atoms with Crippen LogP contribution in [0.15, 0.2) is 85.2 Å². The van der Waals surface area contributed by atoms with Crippen LogP contribution in [0.25, 0.3) is 55.7 Å². The molecule has 0 radical (unpaired) electrons. The number of para-hydroxylation sites is 4. The highest BCUT2D eigenvalue weighted by Gasteiger charge is 2.44. The minimum absolute atomic E-state index is 0.0381. The van der Waals surface area contributed by atoms with Gasteiger partial charge in [-0.2, -0.15) is 0 Å². The van der Waals surface area contributed by atoms with Crippen LogP contribution in [0.1, 0.15) is 126 Å². The van der Waals surface area contributed by atoms with Crippen LogP contribution in [0.3, 0.4) is 0 Å². The van der Waals surface area contributed by atoms with Crippen molar-refractivity contribution in [1.29, 1.82) is 0 Å². The van der Waals surface area contributed by atoms with E-state index in [0.717, 1.165) is 39.0 Å². The van der Waals surface area contributed by atoms with Crippen molar-refractivity contribution in [3.8, 4) is 33.6 Å². The van der Waals surface area contributed by atoms with Crippen molar-refractivity contribution in [2.75, 3.05) is 0 Å². The lowest BCUT2D eigenvalue weighted by atomic mass is 9.70. The first kappa shape index (κ1) is 35.0. The van der Waals surface area contributed by atoms with E-state index < -0.39 is 0 Å². The molecule has 0 atom stereocenters. The molecule has 0 aliphatic heterocycles. The molecule has 2 heterocycles. The van der Waals surface area contributed by atoms with Gasteiger partial charge in [-0.1, -0.05) is 133 Å². The highest BCUT2D eigenvalue weighted by molar-refractivity contribution is 5.95. The Balaban J connectivity index is 1.40. The van der Waals surface area contributed by atoms with Gasteiger partial charge in [-0.25, -0.2) is 9.97 Å². The normalized spacial score (nSPS) is 13.2. The molecule has 6 aromatic rings. The molecule has 262 valence electrons. The van der Waals surface area contributed by atoms with E-state index in [-0.39, 0.29) is 5.41 Å². The van der Waals surface area contributed by atoms with E-state index in [1.165, 1.54) is 129 Å². The fourth-order valence-corrected chi connectivity index (χ4v) is 8.64. The zero-order valence-electron chi connectivity index (χ0n) is 31.3. The van der Waals surface area contributed by atoms with Crippen LogP contribution in [0.5, 0.6) is 0 Å². The van der Waals surface area contributed by atoms with Crippen LogP contribution in [-0.2, 0) is 5.41 Å². The second-order valence-corrected chi connectivity index (χ2v) is 15.1. The van der Waals surface area contributed by atoms with E-state index >= 15 is 0 Å². The van der Waals surface area contributed by atoms with Gasteiger partial charge in [0.15, 0.2) is 0 Å². The van der Waals surface area contributed by atoms with Crippen LogP contribution in [0, 0.1) is 13.8 Å². The lowest BCUT2D eigenvalue weighted by Crippen LogP contribution is -2.26. The van der Waals surface area contributed by atoms with Gasteiger partial charge in [0, 0.05) is 16.5 Å². The third kappa shape index (κ3) is 7.20. The standard InChI is InChI=1S/C47H54N4/c1-5-7-9-11-13-19-25-47(26-20-14-12-10-8-6-2)38-29-34(4)35(44-31-48-40-21-15-17-23-42(40)50-44)30-36(38)46-37(27-33(3)28-39(46)47)45-32-49-41-22-16-18-24-43(41)51-45/h15-18,21-24,27-32H,5-14,19-20,25-26H2,1-4H3. The number of unbranched alkanes of at least 4 members (excludes halogenated alkanes) is 10. The highest BCUT2D eigenvalue weighted by atomic mass is 14.8. The summed E-state index contributed by atoms with van der Waals surface area (Å²) in [5.74, 6) is 0. The number of hydrogen-bond donors (Lipinski definition) is 0. The molecule has 1 aliphatic carbocycles. The van der Waals surface area contributed by atoms with Gasteiger partial charge in [0.25, 0.3) is 0 Å². The monoisotopic (exact) mass is 674 g/mol. The number of aromatic nitrogens is 4.